The molecule has 0 bridgehead atoms. The Labute approximate surface area is 144 Å². The number of thiophene rings is 1. The molecule has 0 unspecified atom stereocenters. The smallest absolute Gasteiger partial charge is 0.416 e. The first-order chi connectivity index (χ1) is 11.9. The van der Waals surface area contributed by atoms with Gasteiger partial charge in [0.2, 0.25) is 5.89 Å². The van der Waals surface area contributed by atoms with Crippen molar-refractivity contribution in [2.45, 2.75) is 12.6 Å². The van der Waals surface area contributed by atoms with Crippen LogP contribution in [-0.4, -0.2) is 22.6 Å². The van der Waals surface area contributed by atoms with Crippen LogP contribution in [0.1, 0.15) is 21.8 Å². The van der Waals surface area contributed by atoms with Crippen LogP contribution in [0.25, 0.3) is 10.8 Å². The zero-order valence-electron chi connectivity index (χ0n) is 12.7. The molecule has 0 aliphatic carbocycles. The number of aromatic nitrogens is 2. The van der Waals surface area contributed by atoms with Crippen molar-refractivity contribution in [2.75, 3.05) is 6.54 Å². The zero-order valence-corrected chi connectivity index (χ0v) is 13.5. The lowest BCUT2D eigenvalue weighted by Crippen LogP contribution is -2.25. The Balaban J connectivity index is 1.53. The second kappa shape index (κ2) is 7.06. The molecule has 0 saturated heterocycles. The molecule has 3 rings (SSSR count). The molecule has 1 aromatic carbocycles. The number of alkyl halides is 3. The molecule has 25 heavy (non-hydrogen) atoms. The second-order valence-corrected chi connectivity index (χ2v) is 6.01. The topological polar surface area (TPSA) is 68.0 Å². The maximum atomic E-state index is 12.5. The fraction of sp³-hybridized carbons (Fsp3) is 0.188. The molecule has 0 atom stereocenters. The summed E-state index contributed by atoms with van der Waals surface area (Å²) in [5.41, 5.74) is -0.645. The molecule has 0 fully saturated rings. The van der Waals surface area contributed by atoms with Gasteiger partial charge in [0, 0.05) is 18.5 Å². The molecule has 0 aliphatic heterocycles. The largest absolute Gasteiger partial charge is 0.420 e. The van der Waals surface area contributed by atoms with E-state index in [4.69, 9.17) is 4.42 Å². The molecule has 1 N–H and O–H groups in total. The molecular formula is C16H12F3N3O2S. The van der Waals surface area contributed by atoms with Crippen LogP contribution in [0.3, 0.4) is 0 Å². The lowest BCUT2D eigenvalue weighted by molar-refractivity contribution is -0.137. The highest BCUT2D eigenvalue weighted by Crippen LogP contribution is 2.29. The maximum absolute atomic E-state index is 12.5. The average molecular weight is 367 g/mol. The van der Waals surface area contributed by atoms with Gasteiger partial charge in [0.05, 0.1) is 10.4 Å². The highest BCUT2D eigenvalue weighted by atomic mass is 32.1. The van der Waals surface area contributed by atoms with Crippen LogP contribution in [0.15, 0.2) is 46.2 Å². The molecule has 0 spiro atoms. The number of nitrogens with zero attached hydrogens (tertiary/aromatic N) is 2. The van der Waals surface area contributed by atoms with E-state index in [0.29, 0.717) is 18.2 Å². The highest BCUT2D eigenvalue weighted by Gasteiger charge is 2.30. The van der Waals surface area contributed by atoms with Crippen molar-refractivity contribution in [3.63, 3.8) is 0 Å². The Kier molecular flexibility index (Phi) is 4.84. The van der Waals surface area contributed by atoms with Crippen LogP contribution in [0.5, 0.6) is 0 Å². The molecule has 0 saturated carbocycles. The summed E-state index contributed by atoms with van der Waals surface area (Å²) in [4.78, 5) is 12.8. The standard InChI is InChI=1S/C16H12F3N3O2S/c17-16(18,19)11-5-3-10(4-6-11)14(23)20-8-7-13-21-22-15(24-13)12-2-1-9-25-12/h1-6,9H,7-8H2,(H,20,23). The van der Waals surface area contributed by atoms with Gasteiger partial charge >= 0.3 is 6.18 Å². The molecule has 1 amide bonds. The second-order valence-electron chi connectivity index (χ2n) is 5.06. The minimum atomic E-state index is -4.42. The normalized spacial score (nSPS) is 11.5. The van der Waals surface area contributed by atoms with Crippen LogP contribution in [0.2, 0.25) is 0 Å². The lowest BCUT2D eigenvalue weighted by Gasteiger charge is -2.07. The summed E-state index contributed by atoms with van der Waals surface area (Å²) in [5.74, 6) is 0.321. The van der Waals surface area contributed by atoms with Gasteiger partial charge in [-0.05, 0) is 35.7 Å². The summed E-state index contributed by atoms with van der Waals surface area (Å²) < 4.78 is 43.0. The number of benzene rings is 1. The SMILES string of the molecule is O=C(NCCc1nnc(-c2cccs2)o1)c1ccc(C(F)(F)F)cc1. The molecule has 5 nitrogen and oxygen atoms in total. The Morgan fingerprint density at radius 1 is 1.16 bits per heavy atom. The van der Waals surface area contributed by atoms with Crippen molar-refractivity contribution in [3.8, 4) is 10.8 Å². The van der Waals surface area contributed by atoms with E-state index in [0.717, 1.165) is 29.1 Å². The minimum absolute atomic E-state index is 0.151. The molecule has 3 aromatic rings. The summed E-state index contributed by atoms with van der Waals surface area (Å²) in [7, 11) is 0. The molecule has 0 aliphatic rings. The minimum Gasteiger partial charge on any atom is -0.420 e. The third kappa shape index (κ3) is 4.24. The number of rotatable bonds is 5. The van der Waals surface area contributed by atoms with Crippen molar-refractivity contribution >= 4 is 17.2 Å². The predicted octanol–water partition coefficient (Wildman–Crippen LogP) is 3.79. The number of hydrogen-bond acceptors (Lipinski definition) is 5. The average Bonchev–Trinajstić information content (AvgIpc) is 3.25. The monoisotopic (exact) mass is 367 g/mol. The number of carbonyl (C=O) groups excluding carboxylic acids is 1. The first kappa shape index (κ1) is 17.2. The van der Waals surface area contributed by atoms with E-state index in [-0.39, 0.29) is 12.1 Å². The summed E-state index contributed by atoms with van der Waals surface area (Å²) in [6.07, 6.45) is -4.10. The Morgan fingerprint density at radius 3 is 2.56 bits per heavy atom. The summed E-state index contributed by atoms with van der Waals surface area (Å²) in [6.45, 7) is 0.228. The Bertz CT molecular complexity index is 842. The molecule has 0 radical (unpaired) electrons. The summed E-state index contributed by atoms with van der Waals surface area (Å²) >= 11 is 1.47. The van der Waals surface area contributed by atoms with Crippen LogP contribution in [0, 0.1) is 0 Å². The van der Waals surface area contributed by atoms with Gasteiger partial charge in [0.25, 0.3) is 11.8 Å². The molecule has 130 valence electrons. The van der Waals surface area contributed by atoms with E-state index >= 15 is 0 Å². The van der Waals surface area contributed by atoms with Gasteiger partial charge in [-0.3, -0.25) is 4.79 Å². The number of amides is 1. The fourth-order valence-electron chi connectivity index (χ4n) is 2.05. The first-order valence-electron chi connectivity index (χ1n) is 7.25. The van der Waals surface area contributed by atoms with Gasteiger partial charge in [-0.25, -0.2) is 0 Å². The predicted molar refractivity (Wildman–Crippen MR) is 85.1 cm³/mol. The van der Waals surface area contributed by atoms with E-state index < -0.39 is 17.6 Å². The van der Waals surface area contributed by atoms with Crippen molar-refractivity contribution in [1.29, 1.82) is 0 Å². The van der Waals surface area contributed by atoms with Gasteiger partial charge < -0.3 is 9.73 Å². The van der Waals surface area contributed by atoms with Gasteiger partial charge in [-0.2, -0.15) is 13.2 Å². The van der Waals surface area contributed by atoms with E-state index in [1.165, 1.54) is 11.3 Å². The molecule has 2 heterocycles. The summed E-state index contributed by atoms with van der Waals surface area (Å²) in [6, 6.07) is 7.75. The molecular weight excluding hydrogens is 355 g/mol. The van der Waals surface area contributed by atoms with E-state index in [1.54, 1.807) is 0 Å². The van der Waals surface area contributed by atoms with Crippen molar-refractivity contribution in [1.82, 2.24) is 15.5 Å². The van der Waals surface area contributed by atoms with Crippen LogP contribution in [0.4, 0.5) is 13.2 Å². The zero-order chi connectivity index (χ0) is 17.9. The third-order valence-corrected chi connectivity index (χ3v) is 4.16. The lowest BCUT2D eigenvalue weighted by atomic mass is 10.1. The van der Waals surface area contributed by atoms with Gasteiger partial charge in [-0.15, -0.1) is 21.5 Å². The molecule has 2 aromatic heterocycles. The van der Waals surface area contributed by atoms with Crippen LogP contribution < -0.4 is 5.32 Å². The van der Waals surface area contributed by atoms with E-state index in [1.807, 2.05) is 17.5 Å². The van der Waals surface area contributed by atoms with Gasteiger partial charge in [0.1, 0.15) is 0 Å². The number of nitrogens with one attached hydrogen (secondary N) is 1. The third-order valence-electron chi connectivity index (χ3n) is 3.30. The van der Waals surface area contributed by atoms with Crippen molar-refractivity contribution in [3.05, 3.63) is 58.8 Å². The fourth-order valence-corrected chi connectivity index (χ4v) is 2.69. The van der Waals surface area contributed by atoms with Crippen molar-refractivity contribution in [2.24, 2.45) is 0 Å². The Morgan fingerprint density at radius 2 is 1.92 bits per heavy atom. The highest BCUT2D eigenvalue weighted by molar-refractivity contribution is 7.13. The maximum Gasteiger partial charge on any atom is 0.416 e. The number of carbonyl (C=O) groups is 1. The summed E-state index contributed by atoms with van der Waals surface area (Å²) in [5, 5.41) is 12.3. The quantitative estimate of drug-likeness (QED) is 0.745. The van der Waals surface area contributed by atoms with E-state index in [9.17, 15) is 18.0 Å². The number of halogens is 3. The Hall–Kier alpha value is -2.68. The molecule has 9 heteroatoms. The van der Waals surface area contributed by atoms with Crippen LogP contribution >= 0.6 is 11.3 Å². The van der Waals surface area contributed by atoms with Crippen LogP contribution in [-0.2, 0) is 12.6 Å². The van der Waals surface area contributed by atoms with Gasteiger partial charge in [0.15, 0.2) is 0 Å². The number of hydrogen-bond donors (Lipinski definition) is 1. The van der Waals surface area contributed by atoms with E-state index in [2.05, 4.69) is 15.5 Å². The van der Waals surface area contributed by atoms with Gasteiger partial charge in [-0.1, -0.05) is 6.07 Å². The van der Waals surface area contributed by atoms with Crippen molar-refractivity contribution < 1.29 is 22.4 Å². The first-order valence-corrected chi connectivity index (χ1v) is 8.13.